The van der Waals surface area contributed by atoms with Crippen LogP contribution in [0.3, 0.4) is 0 Å². The van der Waals surface area contributed by atoms with Crippen molar-refractivity contribution in [3.63, 3.8) is 0 Å². The van der Waals surface area contributed by atoms with Gasteiger partial charge in [-0.2, -0.15) is 0 Å². The Morgan fingerprint density at radius 3 is 2.69 bits per heavy atom. The Morgan fingerprint density at radius 1 is 1.38 bits per heavy atom. The lowest BCUT2D eigenvalue weighted by Gasteiger charge is -2.26. The second-order valence-electron chi connectivity index (χ2n) is 5.76. The van der Waals surface area contributed by atoms with Gasteiger partial charge in [-0.1, -0.05) is 20.8 Å². The lowest BCUT2D eigenvalue weighted by molar-refractivity contribution is 0.223. The zero-order valence-electron chi connectivity index (χ0n) is 11.4. The summed E-state index contributed by atoms with van der Waals surface area (Å²) in [6, 6.07) is 0.859. The Hall–Kier alpha value is -0.0800. The number of hydrogen-bond acceptors (Lipinski definition) is 2. The smallest absolute Gasteiger partial charge is 0.00931 e. The van der Waals surface area contributed by atoms with E-state index in [4.69, 9.17) is 5.73 Å². The Kier molecular flexibility index (Phi) is 6.37. The summed E-state index contributed by atoms with van der Waals surface area (Å²) < 4.78 is 0. The maximum absolute atomic E-state index is 5.85. The Bertz CT molecular complexity index is 180. The summed E-state index contributed by atoms with van der Waals surface area (Å²) in [4.78, 5) is 2.68. The van der Waals surface area contributed by atoms with E-state index in [1.807, 2.05) is 0 Å². The van der Waals surface area contributed by atoms with Crippen molar-refractivity contribution in [2.45, 2.75) is 58.9 Å². The molecule has 1 saturated heterocycles. The van der Waals surface area contributed by atoms with E-state index < -0.39 is 0 Å². The second kappa shape index (κ2) is 7.29. The summed E-state index contributed by atoms with van der Waals surface area (Å²) in [6.07, 6.45) is 6.72. The Labute approximate surface area is 102 Å². The van der Waals surface area contributed by atoms with Crippen molar-refractivity contribution in [2.24, 2.45) is 17.6 Å². The molecule has 0 aliphatic carbocycles. The number of likely N-dealkylation sites (tertiary alicyclic amines) is 1. The molecule has 16 heavy (non-hydrogen) atoms. The molecule has 0 aromatic rings. The van der Waals surface area contributed by atoms with Crippen molar-refractivity contribution in [1.29, 1.82) is 0 Å². The number of hydrogen-bond donors (Lipinski definition) is 1. The largest absolute Gasteiger partial charge is 0.330 e. The van der Waals surface area contributed by atoms with E-state index in [9.17, 15) is 0 Å². The van der Waals surface area contributed by atoms with Crippen LogP contribution in [-0.2, 0) is 0 Å². The summed E-state index contributed by atoms with van der Waals surface area (Å²) in [5, 5.41) is 0. The molecule has 2 nitrogen and oxygen atoms in total. The third kappa shape index (κ3) is 4.42. The average molecular weight is 226 g/mol. The molecule has 1 aliphatic heterocycles. The van der Waals surface area contributed by atoms with Gasteiger partial charge in [0.2, 0.25) is 0 Å². The predicted octanol–water partition coefficient (Wildman–Crippen LogP) is 2.87. The van der Waals surface area contributed by atoms with Gasteiger partial charge in [-0.25, -0.2) is 0 Å². The number of nitrogens with zero attached hydrogens (tertiary/aromatic N) is 1. The van der Waals surface area contributed by atoms with Crippen LogP contribution in [0.25, 0.3) is 0 Å². The maximum Gasteiger partial charge on any atom is 0.00931 e. The standard InChI is InChI=1S/C14H30N2/c1-4-14-6-5-8-16(14)9-7-13(11-15)10-12(2)3/h12-14H,4-11,15H2,1-3H3. The van der Waals surface area contributed by atoms with Crippen LogP contribution in [0.5, 0.6) is 0 Å². The highest BCUT2D eigenvalue weighted by Gasteiger charge is 2.23. The monoisotopic (exact) mass is 226 g/mol. The first kappa shape index (κ1) is 14.0. The molecule has 96 valence electrons. The molecule has 0 bridgehead atoms. The van der Waals surface area contributed by atoms with Crippen LogP contribution in [0.15, 0.2) is 0 Å². The van der Waals surface area contributed by atoms with E-state index in [-0.39, 0.29) is 0 Å². The van der Waals surface area contributed by atoms with Crippen LogP contribution in [0, 0.1) is 11.8 Å². The highest BCUT2D eigenvalue weighted by atomic mass is 15.2. The van der Waals surface area contributed by atoms with Gasteiger partial charge in [0.1, 0.15) is 0 Å². The van der Waals surface area contributed by atoms with Crippen molar-refractivity contribution < 1.29 is 0 Å². The number of rotatable bonds is 7. The SMILES string of the molecule is CCC1CCCN1CCC(CN)CC(C)C. The van der Waals surface area contributed by atoms with Crippen LogP contribution in [0.4, 0.5) is 0 Å². The van der Waals surface area contributed by atoms with Crippen LogP contribution in [0.2, 0.25) is 0 Å². The van der Waals surface area contributed by atoms with Crippen LogP contribution >= 0.6 is 0 Å². The molecule has 2 unspecified atom stereocenters. The predicted molar refractivity (Wildman–Crippen MR) is 71.5 cm³/mol. The molecule has 1 aliphatic rings. The third-order valence-corrected chi connectivity index (χ3v) is 3.93. The topological polar surface area (TPSA) is 29.3 Å². The van der Waals surface area contributed by atoms with Crippen molar-refractivity contribution in [3.8, 4) is 0 Å². The minimum atomic E-state index is 0.734. The van der Waals surface area contributed by atoms with Crippen LogP contribution < -0.4 is 5.73 Å². The van der Waals surface area contributed by atoms with E-state index in [0.717, 1.165) is 24.4 Å². The van der Waals surface area contributed by atoms with Crippen molar-refractivity contribution in [1.82, 2.24) is 4.90 Å². The van der Waals surface area contributed by atoms with Gasteiger partial charge in [0, 0.05) is 6.04 Å². The van der Waals surface area contributed by atoms with Gasteiger partial charge in [0.25, 0.3) is 0 Å². The van der Waals surface area contributed by atoms with E-state index in [1.165, 1.54) is 45.2 Å². The normalized spacial score (nSPS) is 24.2. The van der Waals surface area contributed by atoms with Crippen LogP contribution in [0.1, 0.15) is 52.9 Å². The minimum absolute atomic E-state index is 0.734. The van der Waals surface area contributed by atoms with Gasteiger partial charge in [-0.15, -0.1) is 0 Å². The van der Waals surface area contributed by atoms with Crippen molar-refractivity contribution >= 4 is 0 Å². The molecule has 0 aromatic heterocycles. The van der Waals surface area contributed by atoms with Gasteiger partial charge in [0.15, 0.2) is 0 Å². The first-order chi connectivity index (χ1) is 7.67. The van der Waals surface area contributed by atoms with E-state index in [1.54, 1.807) is 0 Å². The number of nitrogens with two attached hydrogens (primary N) is 1. The summed E-state index contributed by atoms with van der Waals surface area (Å²) in [6.45, 7) is 10.4. The molecule has 1 heterocycles. The molecule has 1 rings (SSSR count). The maximum atomic E-state index is 5.85. The van der Waals surface area contributed by atoms with Gasteiger partial charge in [0.05, 0.1) is 0 Å². The fourth-order valence-corrected chi connectivity index (χ4v) is 3.00. The van der Waals surface area contributed by atoms with E-state index >= 15 is 0 Å². The highest BCUT2D eigenvalue weighted by molar-refractivity contribution is 4.78. The van der Waals surface area contributed by atoms with Gasteiger partial charge >= 0.3 is 0 Å². The lowest BCUT2D eigenvalue weighted by atomic mass is 9.94. The summed E-state index contributed by atoms with van der Waals surface area (Å²) in [5.74, 6) is 1.52. The molecule has 2 heteroatoms. The van der Waals surface area contributed by atoms with Gasteiger partial charge in [-0.05, 0) is 63.6 Å². The Morgan fingerprint density at radius 2 is 2.12 bits per heavy atom. The van der Waals surface area contributed by atoms with E-state index in [2.05, 4.69) is 25.7 Å². The Balaban J connectivity index is 2.25. The quantitative estimate of drug-likeness (QED) is 0.723. The minimum Gasteiger partial charge on any atom is -0.330 e. The lowest BCUT2D eigenvalue weighted by Crippen LogP contribution is -2.32. The molecular formula is C14H30N2. The molecule has 0 amide bonds. The zero-order valence-corrected chi connectivity index (χ0v) is 11.4. The fraction of sp³-hybridized carbons (Fsp3) is 1.00. The molecule has 0 radical (unpaired) electrons. The van der Waals surface area contributed by atoms with E-state index in [0.29, 0.717) is 0 Å². The van der Waals surface area contributed by atoms with Crippen molar-refractivity contribution in [3.05, 3.63) is 0 Å². The molecular weight excluding hydrogens is 196 g/mol. The summed E-state index contributed by atoms with van der Waals surface area (Å²) >= 11 is 0. The van der Waals surface area contributed by atoms with Crippen LogP contribution in [-0.4, -0.2) is 30.6 Å². The molecule has 0 aromatic carbocycles. The molecule has 1 fully saturated rings. The molecule has 2 atom stereocenters. The van der Waals surface area contributed by atoms with Gasteiger partial charge in [-0.3, -0.25) is 0 Å². The summed E-state index contributed by atoms with van der Waals surface area (Å²) in [5.41, 5.74) is 5.85. The van der Waals surface area contributed by atoms with Crippen molar-refractivity contribution in [2.75, 3.05) is 19.6 Å². The fourth-order valence-electron chi connectivity index (χ4n) is 3.00. The zero-order chi connectivity index (χ0) is 12.0. The first-order valence-corrected chi connectivity index (χ1v) is 7.11. The third-order valence-electron chi connectivity index (χ3n) is 3.93. The molecule has 2 N–H and O–H groups in total. The molecule has 0 spiro atoms. The molecule has 0 saturated carbocycles. The van der Waals surface area contributed by atoms with Gasteiger partial charge < -0.3 is 10.6 Å². The average Bonchev–Trinajstić information content (AvgIpc) is 2.70. The second-order valence-corrected chi connectivity index (χ2v) is 5.76. The first-order valence-electron chi connectivity index (χ1n) is 7.11. The summed E-state index contributed by atoms with van der Waals surface area (Å²) in [7, 11) is 0. The highest BCUT2D eigenvalue weighted by Crippen LogP contribution is 2.22.